The van der Waals surface area contributed by atoms with E-state index in [4.69, 9.17) is 5.11 Å². The van der Waals surface area contributed by atoms with Crippen LogP contribution in [-0.2, 0) is 9.59 Å². The lowest BCUT2D eigenvalue weighted by molar-refractivity contribution is -0.142. The van der Waals surface area contributed by atoms with Crippen molar-refractivity contribution in [1.82, 2.24) is 9.80 Å². The van der Waals surface area contributed by atoms with Crippen LogP contribution in [0.4, 0.5) is 0 Å². The lowest BCUT2D eigenvalue weighted by Gasteiger charge is -2.37. The van der Waals surface area contributed by atoms with E-state index >= 15 is 0 Å². The molecule has 0 unspecified atom stereocenters. The lowest BCUT2D eigenvalue weighted by Crippen LogP contribution is -2.52. The first-order valence-electron chi connectivity index (χ1n) is 7.50. The summed E-state index contributed by atoms with van der Waals surface area (Å²) in [7, 11) is 0. The van der Waals surface area contributed by atoms with Crippen LogP contribution in [0.1, 0.15) is 27.7 Å². The maximum atomic E-state index is 12.5. The highest BCUT2D eigenvalue weighted by molar-refractivity contribution is 5.91. The minimum Gasteiger partial charge on any atom is -0.481 e. The van der Waals surface area contributed by atoms with Crippen molar-refractivity contribution >= 4 is 11.9 Å². The Morgan fingerprint density at radius 3 is 2.05 bits per heavy atom. The second-order valence-corrected chi connectivity index (χ2v) is 7.53. The first-order valence-corrected chi connectivity index (χ1v) is 7.50. The number of hydrogen-bond donors (Lipinski definition) is 2. The van der Waals surface area contributed by atoms with Gasteiger partial charge in [0.1, 0.15) is 0 Å². The molecule has 2 fully saturated rings. The second-order valence-electron chi connectivity index (χ2n) is 7.53. The van der Waals surface area contributed by atoms with Gasteiger partial charge in [0.05, 0.1) is 17.4 Å². The Morgan fingerprint density at radius 1 is 1.14 bits per heavy atom. The fourth-order valence-corrected chi connectivity index (χ4v) is 3.43. The largest absolute Gasteiger partial charge is 0.481 e. The van der Waals surface area contributed by atoms with Crippen LogP contribution >= 0.6 is 0 Å². The van der Waals surface area contributed by atoms with E-state index in [2.05, 4.69) is 4.90 Å². The number of carboxylic acid groups (broad SMARTS) is 1. The minimum absolute atomic E-state index is 0.0321. The van der Waals surface area contributed by atoms with Crippen molar-refractivity contribution in [3.05, 3.63) is 0 Å². The van der Waals surface area contributed by atoms with E-state index < -0.39 is 28.8 Å². The summed E-state index contributed by atoms with van der Waals surface area (Å²) >= 11 is 0. The van der Waals surface area contributed by atoms with E-state index in [1.54, 1.807) is 18.7 Å². The maximum Gasteiger partial charge on any atom is 0.307 e. The third kappa shape index (κ3) is 3.37. The standard InChI is InChI=1S/C15H26N2O4/c1-14(2,21)9-16-5-7-17(8-6-16)12(18)10-11(13(19)20)15(10,3)4/h10-11,21H,5-9H2,1-4H3,(H,19,20)/t10-,11+/m1/s1. The zero-order chi connectivity index (χ0) is 16.0. The van der Waals surface area contributed by atoms with Crippen LogP contribution in [0.15, 0.2) is 0 Å². The van der Waals surface area contributed by atoms with Gasteiger partial charge in [-0.3, -0.25) is 14.5 Å². The fourth-order valence-electron chi connectivity index (χ4n) is 3.43. The number of β-amino-alcohol motifs (C(OH)–C–C–N with tert-alkyl or cyclic N) is 1. The molecule has 0 aromatic carbocycles. The predicted molar refractivity (Wildman–Crippen MR) is 77.7 cm³/mol. The first-order chi connectivity index (χ1) is 9.54. The SMILES string of the molecule is CC(C)(O)CN1CCN(C(=O)[C@H]2[C@@H](C(=O)O)C2(C)C)CC1. The quantitative estimate of drug-likeness (QED) is 0.778. The van der Waals surface area contributed by atoms with Crippen LogP contribution in [0.3, 0.4) is 0 Å². The molecule has 1 aliphatic heterocycles. The third-order valence-corrected chi connectivity index (χ3v) is 4.65. The Labute approximate surface area is 125 Å². The molecule has 21 heavy (non-hydrogen) atoms. The van der Waals surface area contributed by atoms with E-state index in [-0.39, 0.29) is 5.91 Å². The normalized spacial score (nSPS) is 29.3. The highest BCUT2D eigenvalue weighted by Crippen LogP contribution is 2.59. The molecule has 0 spiro atoms. The van der Waals surface area contributed by atoms with Gasteiger partial charge >= 0.3 is 5.97 Å². The molecule has 1 saturated carbocycles. The van der Waals surface area contributed by atoms with Crippen LogP contribution in [-0.4, -0.2) is 70.2 Å². The molecule has 0 bridgehead atoms. The molecule has 2 rings (SSSR count). The number of carboxylic acids is 1. The van der Waals surface area contributed by atoms with Crippen LogP contribution in [0.5, 0.6) is 0 Å². The van der Waals surface area contributed by atoms with Gasteiger partial charge in [-0.15, -0.1) is 0 Å². The van der Waals surface area contributed by atoms with Gasteiger partial charge in [0.25, 0.3) is 0 Å². The average molecular weight is 298 g/mol. The summed E-state index contributed by atoms with van der Waals surface area (Å²) in [6.45, 7) is 10.5. The fraction of sp³-hybridized carbons (Fsp3) is 0.867. The van der Waals surface area contributed by atoms with Crippen LogP contribution in [0.25, 0.3) is 0 Å². The van der Waals surface area contributed by atoms with Gasteiger partial charge < -0.3 is 15.1 Å². The van der Waals surface area contributed by atoms with E-state index in [0.29, 0.717) is 19.6 Å². The number of aliphatic carboxylic acids is 1. The van der Waals surface area contributed by atoms with Crippen molar-refractivity contribution in [1.29, 1.82) is 0 Å². The van der Waals surface area contributed by atoms with Gasteiger partial charge in [-0.25, -0.2) is 0 Å². The number of rotatable bonds is 4. The van der Waals surface area contributed by atoms with Crippen molar-refractivity contribution in [2.24, 2.45) is 17.3 Å². The van der Waals surface area contributed by atoms with Gasteiger partial charge in [-0.2, -0.15) is 0 Å². The Balaban J connectivity index is 1.89. The highest BCUT2D eigenvalue weighted by atomic mass is 16.4. The summed E-state index contributed by atoms with van der Waals surface area (Å²) in [6.07, 6.45) is 0. The zero-order valence-electron chi connectivity index (χ0n) is 13.3. The van der Waals surface area contributed by atoms with Crippen LogP contribution < -0.4 is 0 Å². The number of carbonyl (C=O) groups is 2. The van der Waals surface area contributed by atoms with E-state index in [9.17, 15) is 14.7 Å². The summed E-state index contributed by atoms with van der Waals surface area (Å²) in [6, 6.07) is 0. The highest BCUT2D eigenvalue weighted by Gasteiger charge is 2.66. The molecule has 6 heteroatoms. The summed E-state index contributed by atoms with van der Waals surface area (Å²) in [4.78, 5) is 27.6. The summed E-state index contributed by atoms with van der Waals surface area (Å²) < 4.78 is 0. The average Bonchev–Trinajstić information content (AvgIpc) is 2.90. The van der Waals surface area contributed by atoms with Gasteiger partial charge in [0.2, 0.25) is 5.91 Å². The second kappa shape index (κ2) is 5.25. The molecular formula is C15H26N2O4. The van der Waals surface area contributed by atoms with Gasteiger partial charge in [0.15, 0.2) is 0 Å². The third-order valence-electron chi connectivity index (χ3n) is 4.65. The molecule has 0 aromatic rings. The Bertz CT molecular complexity index is 433. The Hall–Kier alpha value is -1.14. The topological polar surface area (TPSA) is 81.1 Å². The molecule has 1 amide bonds. The van der Waals surface area contributed by atoms with E-state index in [0.717, 1.165) is 13.1 Å². The van der Waals surface area contributed by atoms with Crippen molar-refractivity contribution in [3.63, 3.8) is 0 Å². The summed E-state index contributed by atoms with van der Waals surface area (Å²) in [5, 5.41) is 19.0. The van der Waals surface area contributed by atoms with Gasteiger partial charge in [-0.1, -0.05) is 13.8 Å². The first kappa shape index (κ1) is 16.2. The molecule has 0 aromatic heterocycles. The Morgan fingerprint density at radius 2 is 1.67 bits per heavy atom. The van der Waals surface area contributed by atoms with Crippen LogP contribution in [0.2, 0.25) is 0 Å². The molecule has 1 saturated heterocycles. The summed E-state index contributed by atoms with van der Waals surface area (Å²) in [5.41, 5.74) is -1.17. The molecule has 2 aliphatic rings. The zero-order valence-corrected chi connectivity index (χ0v) is 13.3. The van der Waals surface area contributed by atoms with Crippen molar-refractivity contribution in [3.8, 4) is 0 Å². The number of amides is 1. The molecule has 2 N–H and O–H groups in total. The van der Waals surface area contributed by atoms with Crippen molar-refractivity contribution in [2.45, 2.75) is 33.3 Å². The van der Waals surface area contributed by atoms with E-state index in [1.165, 1.54) is 0 Å². The monoisotopic (exact) mass is 298 g/mol. The molecule has 1 heterocycles. The van der Waals surface area contributed by atoms with Crippen molar-refractivity contribution < 1.29 is 19.8 Å². The molecule has 0 radical (unpaired) electrons. The predicted octanol–water partition coefficient (Wildman–Crippen LogP) is 0.258. The van der Waals surface area contributed by atoms with Crippen molar-refractivity contribution in [2.75, 3.05) is 32.7 Å². The number of piperazine rings is 1. The molecule has 2 atom stereocenters. The molecule has 1 aliphatic carbocycles. The number of carbonyl (C=O) groups excluding carboxylic acids is 1. The van der Waals surface area contributed by atoms with E-state index in [1.807, 2.05) is 13.8 Å². The van der Waals surface area contributed by atoms with Crippen LogP contribution in [0, 0.1) is 17.3 Å². The number of aliphatic hydroxyl groups is 1. The minimum atomic E-state index is -0.876. The maximum absolute atomic E-state index is 12.5. The molecule has 120 valence electrons. The molecular weight excluding hydrogens is 272 g/mol. The lowest BCUT2D eigenvalue weighted by atomic mass is 10.1. The van der Waals surface area contributed by atoms with Gasteiger partial charge in [0, 0.05) is 32.7 Å². The number of hydrogen-bond acceptors (Lipinski definition) is 4. The number of nitrogens with zero attached hydrogens (tertiary/aromatic N) is 2. The smallest absolute Gasteiger partial charge is 0.307 e. The summed E-state index contributed by atoms with van der Waals surface area (Å²) in [5.74, 6) is -1.86. The Kier molecular flexibility index (Phi) is 4.06. The van der Waals surface area contributed by atoms with Gasteiger partial charge in [-0.05, 0) is 19.3 Å². The molecule has 6 nitrogen and oxygen atoms in total.